The maximum Gasteiger partial charge on any atom is 0.421 e. The minimum atomic E-state index is -4.85. The lowest BCUT2D eigenvalue weighted by Gasteiger charge is -2.38. The molecule has 0 saturated carbocycles. The van der Waals surface area contributed by atoms with Gasteiger partial charge in [0.15, 0.2) is 11.2 Å². The van der Waals surface area contributed by atoms with Crippen molar-refractivity contribution in [3.63, 3.8) is 0 Å². The highest BCUT2D eigenvalue weighted by Crippen LogP contribution is 2.38. The summed E-state index contributed by atoms with van der Waals surface area (Å²) in [4.78, 5) is 30.9. The number of rotatable bonds is 4. The van der Waals surface area contributed by atoms with Crippen molar-refractivity contribution in [2.45, 2.75) is 43.7 Å². The summed E-state index contributed by atoms with van der Waals surface area (Å²) in [6.45, 7) is 1.06. The number of alkyl halides is 3. The number of H-pyrrole nitrogens is 1. The first-order valence-electron chi connectivity index (χ1n) is 10.2. The quantitative estimate of drug-likeness (QED) is 0.537. The summed E-state index contributed by atoms with van der Waals surface area (Å²) in [5.41, 5.74) is -4.43. The molecule has 0 radical (unpaired) electrons. The molecule has 1 aromatic carbocycles. The number of piperidine rings is 1. The SMILES string of the molecule is CC(O)(c1ccc(C(=O)N2CCC(O)(Cn3cnc4[nH]ncc4c3=O)CC2)cc1)C(F)(F)F. The second-order valence-corrected chi connectivity index (χ2v) is 8.47. The lowest BCUT2D eigenvalue weighted by molar-refractivity contribution is -0.258. The van der Waals surface area contributed by atoms with Crippen LogP contribution >= 0.6 is 0 Å². The van der Waals surface area contributed by atoms with Gasteiger partial charge in [-0.3, -0.25) is 19.3 Å². The largest absolute Gasteiger partial charge is 0.421 e. The fourth-order valence-electron chi connectivity index (χ4n) is 3.87. The van der Waals surface area contributed by atoms with Gasteiger partial charge in [0.25, 0.3) is 11.5 Å². The highest BCUT2D eigenvalue weighted by molar-refractivity contribution is 5.94. The molecule has 0 bridgehead atoms. The highest BCUT2D eigenvalue weighted by Gasteiger charge is 2.51. The topological polar surface area (TPSA) is 124 Å². The van der Waals surface area contributed by atoms with Crippen molar-refractivity contribution < 1.29 is 28.2 Å². The summed E-state index contributed by atoms with van der Waals surface area (Å²) >= 11 is 0. The molecule has 0 spiro atoms. The second kappa shape index (κ2) is 7.96. The molecular weight excluding hydrogens is 443 g/mol. The maximum absolute atomic E-state index is 13.0. The number of nitrogens with zero attached hydrogens (tertiary/aromatic N) is 4. The van der Waals surface area contributed by atoms with Crippen molar-refractivity contribution in [3.8, 4) is 0 Å². The van der Waals surface area contributed by atoms with Crippen LogP contribution in [0.2, 0.25) is 0 Å². The third kappa shape index (κ3) is 4.23. The minimum absolute atomic E-state index is 0.00318. The Bertz CT molecular complexity index is 1230. The van der Waals surface area contributed by atoms with Crippen molar-refractivity contribution >= 4 is 16.9 Å². The normalized spacial score (nSPS) is 18.3. The fourth-order valence-corrected chi connectivity index (χ4v) is 3.87. The lowest BCUT2D eigenvalue weighted by atomic mass is 9.90. The van der Waals surface area contributed by atoms with Gasteiger partial charge in [0.05, 0.1) is 18.3 Å². The molecule has 176 valence electrons. The Morgan fingerprint density at radius 1 is 1.21 bits per heavy atom. The summed E-state index contributed by atoms with van der Waals surface area (Å²) in [5, 5.41) is 27.4. The van der Waals surface area contributed by atoms with Crippen LogP contribution in [0, 0.1) is 0 Å². The molecule has 3 N–H and O–H groups in total. The van der Waals surface area contributed by atoms with E-state index in [0.29, 0.717) is 18.0 Å². The number of carbonyl (C=O) groups is 1. The molecular formula is C21H22F3N5O4. The van der Waals surface area contributed by atoms with Crippen LogP contribution in [0.1, 0.15) is 35.7 Å². The third-order valence-corrected chi connectivity index (χ3v) is 6.13. The van der Waals surface area contributed by atoms with E-state index in [4.69, 9.17) is 0 Å². The van der Waals surface area contributed by atoms with Gasteiger partial charge in [-0.05, 0) is 37.5 Å². The Hall–Kier alpha value is -3.25. The molecule has 3 aromatic rings. The standard InChI is InChI=1S/C21H22F3N5O4/c1-19(32,21(22,23)24)14-4-2-13(3-5-14)17(30)28-8-6-20(33,7-9-28)11-29-12-25-16-15(18(29)31)10-26-27-16/h2-5,10,12,32-33H,6-9,11H2,1H3,(H,26,27). The molecule has 9 nitrogen and oxygen atoms in total. The molecule has 1 aliphatic rings. The van der Waals surface area contributed by atoms with Crippen molar-refractivity contribution in [1.29, 1.82) is 0 Å². The van der Waals surface area contributed by atoms with Gasteiger partial charge >= 0.3 is 6.18 Å². The molecule has 1 fully saturated rings. The maximum atomic E-state index is 13.0. The molecule has 1 saturated heterocycles. The van der Waals surface area contributed by atoms with Gasteiger partial charge in [0.1, 0.15) is 11.7 Å². The van der Waals surface area contributed by atoms with E-state index in [-0.39, 0.29) is 49.2 Å². The average molecular weight is 465 g/mol. The van der Waals surface area contributed by atoms with Crippen LogP contribution in [0.3, 0.4) is 0 Å². The summed E-state index contributed by atoms with van der Waals surface area (Å²) in [5.74, 6) is -0.395. The molecule has 33 heavy (non-hydrogen) atoms. The van der Waals surface area contributed by atoms with E-state index in [1.54, 1.807) is 0 Å². The number of hydrogen-bond acceptors (Lipinski definition) is 6. The molecule has 1 unspecified atom stereocenters. The Labute approximate surface area is 185 Å². The molecule has 1 atom stereocenters. The van der Waals surface area contributed by atoms with Crippen LogP contribution in [-0.4, -0.2) is 65.6 Å². The number of benzene rings is 1. The predicted octanol–water partition coefficient (Wildman–Crippen LogP) is 1.56. The molecule has 0 aliphatic carbocycles. The number of amides is 1. The zero-order chi connectivity index (χ0) is 24.0. The van der Waals surface area contributed by atoms with E-state index in [1.807, 2.05) is 0 Å². The van der Waals surface area contributed by atoms with Gasteiger partial charge in [0, 0.05) is 18.7 Å². The summed E-state index contributed by atoms with van der Waals surface area (Å²) in [7, 11) is 0. The molecule has 12 heteroatoms. The van der Waals surface area contributed by atoms with Crippen LogP contribution in [-0.2, 0) is 12.1 Å². The van der Waals surface area contributed by atoms with Crippen LogP contribution < -0.4 is 5.56 Å². The van der Waals surface area contributed by atoms with Crippen LogP contribution in [0.5, 0.6) is 0 Å². The number of aromatic nitrogens is 4. The smallest absolute Gasteiger partial charge is 0.388 e. The predicted molar refractivity (Wildman–Crippen MR) is 110 cm³/mol. The van der Waals surface area contributed by atoms with Crippen LogP contribution in [0.25, 0.3) is 11.0 Å². The summed E-state index contributed by atoms with van der Waals surface area (Å²) in [6.07, 6.45) is -1.75. The Kier molecular flexibility index (Phi) is 5.53. The summed E-state index contributed by atoms with van der Waals surface area (Å²) < 4.78 is 40.3. The van der Waals surface area contributed by atoms with Gasteiger partial charge in [-0.25, -0.2) is 4.98 Å². The number of aromatic amines is 1. The molecule has 3 heterocycles. The van der Waals surface area contributed by atoms with Gasteiger partial charge < -0.3 is 15.1 Å². The fraction of sp³-hybridized carbons (Fsp3) is 0.429. The first-order valence-corrected chi connectivity index (χ1v) is 10.2. The minimum Gasteiger partial charge on any atom is -0.388 e. The van der Waals surface area contributed by atoms with Gasteiger partial charge in [-0.1, -0.05) is 12.1 Å². The Morgan fingerprint density at radius 3 is 2.45 bits per heavy atom. The Morgan fingerprint density at radius 2 is 1.85 bits per heavy atom. The third-order valence-electron chi connectivity index (χ3n) is 6.13. The Balaban J connectivity index is 1.42. The number of halogens is 3. The number of hydrogen-bond donors (Lipinski definition) is 3. The average Bonchev–Trinajstić information content (AvgIpc) is 3.25. The van der Waals surface area contributed by atoms with Crippen LogP contribution in [0.15, 0.2) is 41.6 Å². The highest BCUT2D eigenvalue weighted by atomic mass is 19.4. The van der Waals surface area contributed by atoms with Gasteiger partial charge in [0.2, 0.25) is 0 Å². The number of fused-ring (bicyclic) bond motifs is 1. The van der Waals surface area contributed by atoms with E-state index in [2.05, 4.69) is 15.2 Å². The number of carbonyl (C=O) groups excluding carboxylic acids is 1. The van der Waals surface area contributed by atoms with Crippen molar-refractivity contribution in [3.05, 3.63) is 58.3 Å². The second-order valence-electron chi connectivity index (χ2n) is 8.47. The van der Waals surface area contributed by atoms with E-state index < -0.39 is 23.3 Å². The van der Waals surface area contributed by atoms with Crippen molar-refractivity contribution in [1.82, 2.24) is 24.6 Å². The first-order chi connectivity index (χ1) is 15.4. The van der Waals surface area contributed by atoms with E-state index >= 15 is 0 Å². The lowest BCUT2D eigenvalue weighted by Crippen LogP contribution is -2.49. The van der Waals surface area contributed by atoms with E-state index in [0.717, 1.165) is 12.1 Å². The molecule has 2 aromatic heterocycles. The van der Waals surface area contributed by atoms with E-state index in [1.165, 1.54) is 34.1 Å². The first kappa shape index (κ1) is 22.9. The van der Waals surface area contributed by atoms with Gasteiger partial charge in [-0.2, -0.15) is 18.3 Å². The van der Waals surface area contributed by atoms with Gasteiger partial charge in [-0.15, -0.1) is 0 Å². The molecule has 1 amide bonds. The number of aliphatic hydroxyl groups is 2. The molecule has 4 rings (SSSR count). The van der Waals surface area contributed by atoms with Crippen molar-refractivity contribution in [2.75, 3.05) is 13.1 Å². The van der Waals surface area contributed by atoms with E-state index in [9.17, 15) is 33.0 Å². The van der Waals surface area contributed by atoms with Crippen LogP contribution in [0.4, 0.5) is 13.2 Å². The molecule has 1 aliphatic heterocycles. The summed E-state index contributed by atoms with van der Waals surface area (Å²) in [6, 6.07) is 4.63. The monoisotopic (exact) mass is 465 g/mol. The zero-order valence-electron chi connectivity index (χ0n) is 17.6. The van der Waals surface area contributed by atoms with Crippen molar-refractivity contribution in [2.24, 2.45) is 0 Å². The number of nitrogens with one attached hydrogen (secondary N) is 1. The zero-order valence-corrected chi connectivity index (χ0v) is 17.6. The number of likely N-dealkylation sites (tertiary alicyclic amines) is 1.